The molecule has 0 aliphatic carbocycles. The predicted molar refractivity (Wildman–Crippen MR) is 95.9 cm³/mol. The predicted octanol–water partition coefficient (Wildman–Crippen LogP) is 3.32. The van der Waals surface area contributed by atoms with Crippen LogP contribution in [-0.2, 0) is 14.8 Å². The Morgan fingerprint density at radius 2 is 1.90 bits per heavy atom. The van der Waals surface area contributed by atoms with Gasteiger partial charge < -0.3 is 4.74 Å². The Balaban J connectivity index is 2.45. The van der Waals surface area contributed by atoms with E-state index in [0.29, 0.717) is 11.4 Å². The summed E-state index contributed by atoms with van der Waals surface area (Å²) in [6.07, 6.45) is 1.55. The lowest BCUT2D eigenvalue weighted by atomic mass is 10.2. The van der Waals surface area contributed by atoms with Gasteiger partial charge in [-0.1, -0.05) is 62.9 Å². The quantitative estimate of drug-likeness (QED) is 0.452. The average molecular weight is 521 g/mol. The standard InChI is InChI=1S/C13H17I2NO3S/c1-10-4-6-11(7-5-10)20(17,18)16-9-3-8-13(16,19-2)12(14)15/h4-7,12H,3,8-9H2,1-2H3. The van der Waals surface area contributed by atoms with Crippen LogP contribution in [0.25, 0.3) is 0 Å². The van der Waals surface area contributed by atoms with Gasteiger partial charge in [0.2, 0.25) is 10.0 Å². The minimum Gasteiger partial charge on any atom is -0.361 e. The van der Waals surface area contributed by atoms with Gasteiger partial charge >= 0.3 is 0 Å². The first-order valence-electron chi connectivity index (χ1n) is 6.27. The third-order valence-corrected chi connectivity index (χ3v) is 7.51. The fourth-order valence-corrected chi connectivity index (χ4v) is 6.43. The van der Waals surface area contributed by atoms with E-state index < -0.39 is 15.7 Å². The molecule has 112 valence electrons. The molecule has 2 rings (SSSR count). The van der Waals surface area contributed by atoms with Crippen LogP contribution in [0.2, 0.25) is 0 Å². The number of methoxy groups -OCH3 is 1. The zero-order valence-corrected chi connectivity index (χ0v) is 16.5. The van der Waals surface area contributed by atoms with Crippen LogP contribution in [0, 0.1) is 6.92 Å². The van der Waals surface area contributed by atoms with Crippen LogP contribution in [0.4, 0.5) is 0 Å². The number of nitrogens with zero attached hydrogens (tertiary/aromatic N) is 1. The highest BCUT2D eigenvalue weighted by molar-refractivity contribution is 14.2. The maximum absolute atomic E-state index is 12.9. The van der Waals surface area contributed by atoms with Gasteiger partial charge in [0, 0.05) is 13.7 Å². The fraction of sp³-hybridized carbons (Fsp3) is 0.538. The normalized spacial score (nSPS) is 24.4. The van der Waals surface area contributed by atoms with Crippen molar-refractivity contribution in [3.8, 4) is 0 Å². The number of alkyl halides is 2. The van der Waals surface area contributed by atoms with Gasteiger partial charge in [-0.15, -0.1) is 0 Å². The van der Waals surface area contributed by atoms with Crippen molar-refractivity contribution in [3.63, 3.8) is 0 Å². The molecule has 1 aromatic carbocycles. The van der Waals surface area contributed by atoms with Crippen molar-refractivity contribution in [1.82, 2.24) is 4.31 Å². The lowest BCUT2D eigenvalue weighted by molar-refractivity contribution is -0.0541. The Morgan fingerprint density at radius 1 is 1.30 bits per heavy atom. The van der Waals surface area contributed by atoms with Gasteiger partial charge in [0.25, 0.3) is 0 Å². The van der Waals surface area contributed by atoms with Gasteiger partial charge in [-0.05, 0) is 31.9 Å². The van der Waals surface area contributed by atoms with Crippen LogP contribution in [0.15, 0.2) is 29.2 Å². The SMILES string of the molecule is COC1(C(I)I)CCCN1S(=O)(=O)c1ccc(C)cc1. The molecule has 0 aromatic heterocycles. The summed E-state index contributed by atoms with van der Waals surface area (Å²) in [6.45, 7) is 2.45. The zero-order valence-electron chi connectivity index (χ0n) is 11.3. The van der Waals surface area contributed by atoms with Crippen LogP contribution >= 0.6 is 45.2 Å². The van der Waals surface area contributed by atoms with Gasteiger partial charge in [0.15, 0.2) is 5.72 Å². The van der Waals surface area contributed by atoms with E-state index >= 15 is 0 Å². The van der Waals surface area contributed by atoms with Crippen molar-refractivity contribution in [1.29, 1.82) is 0 Å². The number of sulfonamides is 1. The third kappa shape index (κ3) is 2.88. The average Bonchev–Trinajstić information content (AvgIpc) is 2.85. The highest BCUT2D eigenvalue weighted by atomic mass is 127. The zero-order chi connectivity index (χ0) is 15.0. The summed E-state index contributed by atoms with van der Waals surface area (Å²) >= 11 is 4.47. The number of benzene rings is 1. The molecule has 0 bridgehead atoms. The van der Waals surface area contributed by atoms with Crippen LogP contribution in [-0.4, -0.2) is 34.0 Å². The Kier molecular flexibility index (Phi) is 5.37. The number of hydrogen-bond donors (Lipinski definition) is 0. The van der Waals surface area contributed by atoms with Crippen molar-refractivity contribution < 1.29 is 13.2 Å². The summed E-state index contributed by atoms with van der Waals surface area (Å²) in [4.78, 5) is 0.333. The molecule has 0 radical (unpaired) electrons. The van der Waals surface area contributed by atoms with Crippen molar-refractivity contribution >= 4 is 55.2 Å². The van der Waals surface area contributed by atoms with Crippen LogP contribution in [0.1, 0.15) is 18.4 Å². The molecular formula is C13H17I2NO3S. The molecule has 1 fully saturated rings. The number of aryl methyl sites for hydroxylation is 1. The lowest BCUT2D eigenvalue weighted by Gasteiger charge is -2.37. The summed E-state index contributed by atoms with van der Waals surface area (Å²) in [7, 11) is -1.93. The summed E-state index contributed by atoms with van der Waals surface area (Å²) in [5, 5.41) is 0. The van der Waals surface area contributed by atoms with E-state index in [-0.39, 0.29) is 1.93 Å². The Hall–Kier alpha value is 0.550. The number of halogens is 2. The van der Waals surface area contributed by atoms with E-state index in [0.717, 1.165) is 18.4 Å². The first-order valence-corrected chi connectivity index (χ1v) is 10.2. The Labute approximate surface area is 147 Å². The fourth-order valence-electron chi connectivity index (χ4n) is 2.46. The molecule has 1 saturated heterocycles. The van der Waals surface area contributed by atoms with Gasteiger partial charge in [-0.25, -0.2) is 8.42 Å². The summed E-state index contributed by atoms with van der Waals surface area (Å²) in [5.74, 6) is 0. The van der Waals surface area contributed by atoms with Crippen molar-refractivity contribution in [2.45, 2.75) is 32.3 Å². The molecule has 1 unspecified atom stereocenters. The second-order valence-electron chi connectivity index (χ2n) is 4.84. The van der Waals surface area contributed by atoms with Crippen LogP contribution in [0.3, 0.4) is 0 Å². The molecule has 1 atom stereocenters. The Bertz CT molecular complexity index is 574. The van der Waals surface area contributed by atoms with E-state index in [1.807, 2.05) is 19.1 Å². The van der Waals surface area contributed by atoms with Gasteiger partial charge in [0.1, 0.15) is 1.93 Å². The second kappa shape index (κ2) is 6.35. The number of ether oxygens (including phenoxy) is 1. The third-order valence-electron chi connectivity index (χ3n) is 3.62. The summed E-state index contributed by atoms with van der Waals surface area (Å²) in [6, 6.07) is 6.98. The first-order chi connectivity index (χ1) is 9.34. The van der Waals surface area contributed by atoms with Crippen molar-refractivity contribution in [2.75, 3.05) is 13.7 Å². The molecule has 1 aliphatic rings. The van der Waals surface area contributed by atoms with E-state index in [1.165, 1.54) is 4.31 Å². The molecule has 4 nitrogen and oxygen atoms in total. The summed E-state index contributed by atoms with van der Waals surface area (Å²) < 4.78 is 32.9. The highest BCUT2D eigenvalue weighted by Crippen LogP contribution is 2.43. The molecular weight excluding hydrogens is 504 g/mol. The highest BCUT2D eigenvalue weighted by Gasteiger charge is 2.51. The molecule has 7 heteroatoms. The van der Waals surface area contributed by atoms with Gasteiger partial charge in [-0.3, -0.25) is 0 Å². The Morgan fingerprint density at radius 3 is 2.40 bits per heavy atom. The lowest BCUT2D eigenvalue weighted by Crippen LogP contribution is -2.52. The molecule has 0 amide bonds. The smallest absolute Gasteiger partial charge is 0.245 e. The van der Waals surface area contributed by atoms with Crippen LogP contribution in [0.5, 0.6) is 0 Å². The van der Waals surface area contributed by atoms with Crippen molar-refractivity contribution in [2.24, 2.45) is 0 Å². The molecule has 0 N–H and O–H groups in total. The number of rotatable bonds is 4. The van der Waals surface area contributed by atoms with Crippen LogP contribution < -0.4 is 0 Å². The summed E-state index contributed by atoms with van der Waals surface area (Å²) in [5.41, 5.74) is 0.300. The maximum atomic E-state index is 12.9. The molecule has 0 spiro atoms. The molecule has 1 heterocycles. The van der Waals surface area contributed by atoms with E-state index in [1.54, 1.807) is 19.2 Å². The maximum Gasteiger partial charge on any atom is 0.245 e. The molecule has 20 heavy (non-hydrogen) atoms. The minimum absolute atomic E-state index is 0.0467. The van der Waals surface area contributed by atoms with Crippen molar-refractivity contribution in [3.05, 3.63) is 29.8 Å². The largest absolute Gasteiger partial charge is 0.361 e. The monoisotopic (exact) mass is 521 g/mol. The second-order valence-corrected chi connectivity index (χ2v) is 11.6. The molecule has 1 aliphatic heterocycles. The van der Waals surface area contributed by atoms with E-state index in [4.69, 9.17) is 4.74 Å². The minimum atomic E-state index is -3.52. The first kappa shape index (κ1) is 16.9. The number of hydrogen-bond acceptors (Lipinski definition) is 3. The topological polar surface area (TPSA) is 46.6 Å². The van der Waals surface area contributed by atoms with E-state index in [9.17, 15) is 8.42 Å². The van der Waals surface area contributed by atoms with Gasteiger partial charge in [0.05, 0.1) is 4.90 Å². The molecule has 0 saturated carbocycles. The molecule has 1 aromatic rings. The van der Waals surface area contributed by atoms with Gasteiger partial charge in [-0.2, -0.15) is 4.31 Å². The van der Waals surface area contributed by atoms with E-state index in [2.05, 4.69) is 45.2 Å².